The summed E-state index contributed by atoms with van der Waals surface area (Å²) in [6, 6.07) is 8.78. The molecule has 42 heavy (non-hydrogen) atoms. The first kappa shape index (κ1) is 33.8. The van der Waals surface area contributed by atoms with Crippen molar-refractivity contribution < 1.29 is 32.0 Å². The van der Waals surface area contributed by atoms with Gasteiger partial charge in [0.05, 0.1) is 57.1 Å². The number of nitrogens with zero attached hydrogens (tertiary/aromatic N) is 4. The van der Waals surface area contributed by atoms with Gasteiger partial charge in [0.25, 0.3) is 0 Å². The van der Waals surface area contributed by atoms with E-state index in [0.29, 0.717) is 34.1 Å². The summed E-state index contributed by atoms with van der Waals surface area (Å²) < 4.78 is 46.2. The van der Waals surface area contributed by atoms with E-state index in [1.165, 1.54) is 25.1 Å². The molecule has 0 fully saturated rings. The lowest BCUT2D eigenvalue weighted by atomic mass is 9.87. The number of likely N-dealkylation sites (N-methyl/N-ethyl adjacent to an activating group) is 1. The largest absolute Gasteiger partial charge is 0.466 e. The molecule has 226 valence electrons. The molecule has 0 unspecified atom stereocenters. The van der Waals surface area contributed by atoms with Crippen molar-refractivity contribution in [2.24, 2.45) is 5.73 Å². The number of carbonyl (C=O) groups is 2. The lowest BCUT2D eigenvalue weighted by molar-refractivity contribution is -0.888. The summed E-state index contributed by atoms with van der Waals surface area (Å²) in [6.45, 7) is 8.99. The first-order valence-corrected chi connectivity index (χ1v) is 13.5. The van der Waals surface area contributed by atoms with Gasteiger partial charge in [0.15, 0.2) is 0 Å². The average Bonchev–Trinajstić information content (AvgIpc) is 2.96. The van der Waals surface area contributed by atoms with Crippen LogP contribution in [0.2, 0.25) is 0 Å². The van der Waals surface area contributed by atoms with Gasteiger partial charge in [0.1, 0.15) is 6.04 Å². The number of primary amides is 1. The summed E-state index contributed by atoms with van der Waals surface area (Å²) in [5.41, 5.74) is 6.18. The van der Waals surface area contributed by atoms with E-state index < -0.39 is 35.7 Å². The molecule has 1 aliphatic heterocycles. The van der Waals surface area contributed by atoms with Crippen molar-refractivity contribution in [1.82, 2.24) is 4.90 Å². The van der Waals surface area contributed by atoms with E-state index in [1.54, 1.807) is 12.1 Å². The average molecular weight is 588 g/mol. The molecule has 12 heteroatoms. The maximum Gasteiger partial charge on any atom is 0.416 e. The number of halogens is 3. The Labute approximate surface area is 244 Å². The van der Waals surface area contributed by atoms with Gasteiger partial charge in [0, 0.05) is 17.8 Å². The quantitative estimate of drug-likeness (QED) is 0.324. The van der Waals surface area contributed by atoms with Crippen molar-refractivity contribution in [3.8, 4) is 6.07 Å². The number of urea groups is 1. The second-order valence-corrected chi connectivity index (χ2v) is 10.1. The number of carbonyl (C=O) groups excluding carboxylic acids is 2. The van der Waals surface area contributed by atoms with Crippen LogP contribution in [0, 0.1) is 16.7 Å². The molecule has 2 aromatic rings. The normalized spacial score (nSPS) is 15.5. The van der Waals surface area contributed by atoms with Gasteiger partial charge in [-0.15, -0.1) is 0 Å². The standard InChI is InChI=1S/C28H31F3N6O3.C2H6/c1-6-37(3,4)13-12-19-14-18(16-32)10-11-22(19)24-23(25(38)40-5)17(2)35(26(33)36(24)27(34)39)21-9-7-8-20(15-21)28(29,30)31;1-2/h7-11,14-15,24,33H,6,12-13H2,1-5H3,(H-,34,39);1-2H3/p+1/t24-;/m1./s1. The van der Waals surface area contributed by atoms with E-state index >= 15 is 0 Å². The number of guanidine groups is 1. The zero-order valence-corrected chi connectivity index (χ0v) is 25.0. The Morgan fingerprint density at radius 2 is 1.81 bits per heavy atom. The third-order valence-electron chi connectivity index (χ3n) is 7.18. The van der Waals surface area contributed by atoms with E-state index in [0.717, 1.165) is 35.6 Å². The molecule has 0 aromatic heterocycles. The molecular weight excluding hydrogens is 549 g/mol. The Morgan fingerprint density at radius 3 is 2.33 bits per heavy atom. The number of nitrogens with one attached hydrogen (secondary N) is 1. The van der Waals surface area contributed by atoms with Crippen molar-refractivity contribution >= 4 is 23.6 Å². The molecule has 9 nitrogen and oxygen atoms in total. The van der Waals surface area contributed by atoms with Crippen LogP contribution in [-0.4, -0.2) is 61.6 Å². The Morgan fingerprint density at radius 1 is 1.17 bits per heavy atom. The van der Waals surface area contributed by atoms with Gasteiger partial charge >= 0.3 is 18.2 Å². The van der Waals surface area contributed by atoms with Gasteiger partial charge in [-0.3, -0.25) is 15.2 Å². The Bertz CT molecular complexity index is 1410. The van der Waals surface area contributed by atoms with Gasteiger partial charge < -0.3 is 15.0 Å². The van der Waals surface area contributed by atoms with E-state index in [-0.39, 0.29) is 17.0 Å². The van der Waals surface area contributed by atoms with Crippen molar-refractivity contribution in [2.75, 3.05) is 39.2 Å². The smallest absolute Gasteiger partial charge is 0.416 e. The number of rotatable bonds is 7. The molecular formula is C30H38F3N6O3+. The van der Waals surface area contributed by atoms with Crippen molar-refractivity contribution in [1.29, 1.82) is 10.7 Å². The lowest BCUT2D eigenvalue weighted by Crippen LogP contribution is -2.55. The summed E-state index contributed by atoms with van der Waals surface area (Å²) in [5.74, 6) is -1.39. The van der Waals surface area contributed by atoms with Crippen LogP contribution in [0.5, 0.6) is 0 Å². The number of esters is 1. The topological polar surface area (TPSA) is 124 Å². The Kier molecular flexibility index (Phi) is 10.9. The molecule has 3 N–H and O–H groups in total. The summed E-state index contributed by atoms with van der Waals surface area (Å²) in [4.78, 5) is 28.0. The SMILES string of the molecule is CC.CC[N+](C)(C)CCc1cc(C#N)ccc1[C@@H]1C(C(=O)OC)=C(C)N(c2cccc(C(F)(F)F)c2)C(=N)N1C(N)=O. The van der Waals surface area contributed by atoms with E-state index in [4.69, 9.17) is 15.9 Å². The zero-order valence-electron chi connectivity index (χ0n) is 25.0. The summed E-state index contributed by atoms with van der Waals surface area (Å²) in [7, 11) is 5.22. The fourth-order valence-corrected chi connectivity index (χ4v) is 4.61. The number of hydrogen-bond donors (Lipinski definition) is 2. The Hall–Kier alpha value is -4.37. The molecule has 1 aliphatic rings. The number of nitriles is 1. The monoisotopic (exact) mass is 587 g/mol. The number of benzene rings is 2. The van der Waals surface area contributed by atoms with Crippen molar-refractivity contribution in [3.63, 3.8) is 0 Å². The molecule has 0 saturated carbocycles. The molecule has 1 atom stereocenters. The minimum Gasteiger partial charge on any atom is -0.466 e. The first-order chi connectivity index (χ1) is 19.7. The molecule has 0 spiro atoms. The third kappa shape index (κ3) is 7.09. The van der Waals surface area contributed by atoms with Crippen molar-refractivity contribution in [2.45, 2.75) is 46.3 Å². The number of methoxy groups -OCH3 is 1. The predicted molar refractivity (Wildman–Crippen MR) is 154 cm³/mol. The molecule has 0 bridgehead atoms. The third-order valence-corrected chi connectivity index (χ3v) is 7.18. The van der Waals surface area contributed by atoms with Gasteiger partial charge in [-0.2, -0.15) is 18.4 Å². The minimum atomic E-state index is -4.66. The van der Waals surface area contributed by atoms with Gasteiger partial charge in [-0.1, -0.05) is 26.0 Å². The molecule has 0 radical (unpaired) electrons. The van der Waals surface area contributed by atoms with Crippen LogP contribution in [-0.2, 0) is 22.1 Å². The number of amides is 2. The zero-order chi connectivity index (χ0) is 32.0. The highest BCUT2D eigenvalue weighted by molar-refractivity contribution is 6.10. The number of hydrogen-bond acceptors (Lipinski definition) is 5. The van der Waals surface area contributed by atoms with Crippen molar-refractivity contribution in [3.05, 3.63) is 76.0 Å². The van der Waals surface area contributed by atoms with Crippen LogP contribution in [0.15, 0.2) is 53.7 Å². The number of alkyl halides is 3. The summed E-state index contributed by atoms with van der Waals surface area (Å²) in [6.07, 6.45) is -4.20. The number of ether oxygens (including phenoxy) is 1. The fourth-order valence-electron chi connectivity index (χ4n) is 4.61. The van der Waals surface area contributed by atoms with Crippen LogP contribution in [0.4, 0.5) is 23.7 Å². The fraction of sp³-hybridized carbons (Fsp3) is 0.400. The number of quaternary nitrogens is 1. The Balaban J connectivity index is 0.00000301. The van der Waals surface area contributed by atoms with Crippen LogP contribution in [0.25, 0.3) is 0 Å². The highest BCUT2D eigenvalue weighted by Gasteiger charge is 2.44. The molecule has 2 aromatic carbocycles. The number of allylic oxidation sites excluding steroid dienone is 1. The second kappa shape index (κ2) is 13.5. The van der Waals surface area contributed by atoms with E-state index in [1.807, 2.05) is 34.9 Å². The number of nitrogens with two attached hydrogens (primary N) is 1. The predicted octanol–water partition coefficient (Wildman–Crippen LogP) is 5.57. The molecule has 0 aliphatic carbocycles. The summed E-state index contributed by atoms with van der Waals surface area (Å²) >= 11 is 0. The molecule has 1 heterocycles. The lowest BCUT2D eigenvalue weighted by Gasteiger charge is -2.43. The molecule has 2 amide bonds. The maximum atomic E-state index is 13.5. The highest BCUT2D eigenvalue weighted by Crippen LogP contribution is 2.42. The van der Waals surface area contributed by atoms with E-state index in [9.17, 15) is 28.0 Å². The van der Waals surface area contributed by atoms with E-state index in [2.05, 4.69) is 6.07 Å². The van der Waals surface area contributed by atoms with Crippen LogP contribution in [0.1, 0.15) is 56.0 Å². The molecule has 0 saturated heterocycles. The van der Waals surface area contributed by atoms with Gasteiger partial charge in [-0.05, 0) is 55.3 Å². The first-order valence-electron chi connectivity index (χ1n) is 13.5. The highest BCUT2D eigenvalue weighted by atomic mass is 19.4. The van der Waals surface area contributed by atoms with Crippen LogP contribution >= 0.6 is 0 Å². The molecule has 3 rings (SSSR count). The van der Waals surface area contributed by atoms with Gasteiger partial charge in [0.2, 0.25) is 5.96 Å². The van der Waals surface area contributed by atoms with Gasteiger partial charge in [-0.25, -0.2) is 9.59 Å². The van der Waals surface area contributed by atoms with Crippen LogP contribution < -0.4 is 10.6 Å². The summed E-state index contributed by atoms with van der Waals surface area (Å²) in [5, 5.41) is 18.4. The van der Waals surface area contributed by atoms with Crippen LogP contribution in [0.3, 0.4) is 0 Å². The number of anilines is 1. The maximum absolute atomic E-state index is 13.5. The minimum absolute atomic E-state index is 0.0788. The second-order valence-electron chi connectivity index (χ2n) is 10.1.